The predicted octanol–water partition coefficient (Wildman–Crippen LogP) is 4.65. The van der Waals surface area contributed by atoms with Crippen molar-refractivity contribution in [3.63, 3.8) is 0 Å². The Morgan fingerprint density at radius 3 is 2.39 bits per heavy atom. The van der Waals surface area contributed by atoms with Crippen LogP contribution in [0.3, 0.4) is 0 Å². The summed E-state index contributed by atoms with van der Waals surface area (Å²) in [4.78, 5) is 32.4. The van der Waals surface area contributed by atoms with E-state index in [4.69, 9.17) is 4.42 Å². The highest BCUT2D eigenvalue weighted by molar-refractivity contribution is 6.08. The molecule has 1 aromatic carbocycles. The van der Waals surface area contributed by atoms with E-state index in [9.17, 15) is 14.0 Å². The van der Waals surface area contributed by atoms with Gasteiger partial charge < -0.3 is 9.73 Å². The molecule has 2 amide bonds. The van der Waals surface area contributed by atoms with E-state index in [1.165, 1.54) is 41.8 Å². The second-order valence-corrected chi connectivity index (χ2v) is 7.66. The van der Waals surface area contributed by atoms with E-state index in [1.54, 1.807) is 36.7 Å². The average Bonchev–Trinajstić information content (AvgIpc) is 3.34. The van der Waals surface area contributed by atoms with Gasteiger partial charge in [-0.1, -0.05) is 19.3 Å². The average molecular weight is 421 g/mol. The van der Waals surface area contributed by atoms with Gasteiger partial charge in [0.25, 0.3) is 5.91 Å². The third-order valence-electron chi connectivity index (χ3n) is 5.54. The standard InChI is InChI=1S/C24H24FN3O3/c25-18-8-10-20(11-9-18)28(24(30)21-7-4-16-31-21)22(17-12-14-26-15-13-17)23(29)27-19-5-2-1-3-6-19/h4,7-16,19,22H,1-3,5-6H2,(H,27,29)/t22-/m0/s1. The Morgan fingerprint density at radius 1 is 1.03 bits per heavy atom. The van der Waals surface area contributed by atoms with Crippen molar-refractivity contribution in [3.8, 4) is 0 Å². The number of carbonyl (C=O) groups excluding carboxylic acids is 2. The summed E-state index contributed by atoms with van der Waals surface area (Å²) in [6.07, 6.45) is 9.69. The van der Waals surface area contributed by atoms with Crippen LogP contribution >= 0.6 is 0 Å². The lowest BCUT2D eigenvalue weighted by Gasteiger charge is -2.33. The number of aromatic nitrogens is 1. The molecule has 0 saturated heterocycles. The van der Waals surface area contributed by atoms with Crippen LogP contribution in [0.5, 0.6) is 0 Å². The van der Waals surface area contributed by atoms with E-state index in [1.807, 2.05) is 0 Å². The number of hydrogen-bond donors (Lipinski definition) is 1. The molecule has 1 aliphatic carbocycles. The summed E-state index contributed by atoms with van der Waals surface area (Å²) in [5.74, 6) is -1.12. The Balaban J connectivity index is 1.76. The molecule has 1 saturated carbocycles. The second kappa shape index (κ2) is 9.55. The molecule has 0 unspecified atom stereocenters. The van der Waals surface area contributed by atoms with Crippen LogP contribution < -0.4 is 10.2 Å². The smallest absolute Gasteiger partial charge is 0.294 e. The van der Waals surface area contributed by atoms with Crippen LogP contribution in [-0.4, -0.2) is 22.8 Å². The SMILES string of the molecule is O=C(NC1CCCCC1)[C@H](c1ccncc1)N(C(=O)c1ccco1)c1ccc(F)cc1. The van der Waals surface area contributed by atoms with Crippen molar-refractivity contribution in [1.29, 1.82) is 0 Å². The maximum Gasteiger partial charge on any atom is 0.294 e. The van der Waals surface area contributed by atoms with Crippen molar-refractivity contribution in [2.75, 3.05) is 4.90 Å². The zero-order valence-electron chi connectivity index (χ0n) is 17.0. The lowest BCUT2D eigenvalue weighted by atomic mass is 9.94. The highest BCUT2D eigenvalue weighted by Gasteiger charge is 2.35. The fourth-order valence-electron chi connectivity index (χ4n) is 3.99. The number of furan rings is 1. The van der Waals surface area contributed by atoms with Gasteiger partial charge in [0.15, 0.2) is 5.76 Å². The summed E-state index contributed by atoms with van der Waals surface area (Å²) < 4.78 is 18.9. The monoisotopic (exact) mass is 421 g/mol. The highest BCUT2D eigenvalue weighted by Crippen LogP contribution is 2.30. The van der Waals surface area contributed by atoms with E-state index in [0.717, 1.165) is 25.7 Å². The fourth-order valence-corrected chi connectivity index (χ4v) is 3.99. The number of benzene rings is 1. The number of amides is 2. The van der Waals surface area contributed by atoms with Crippen LogP contribution in [0.15, 0.2) is 71.6 Å². The van der Waals surface area contributed by atoms with Gasteiger partial charge in [-0.25, -0.2) is 4.39 Å². The number of nitrogens with zero attached hydrogens (tertiary/aromatic N) is 2. The third kappa shape index (κ3) is 4.82. The van der Waals surface area contributed by atoms with Gasteiger partial charge >= 0.3 is 0 Å². The van der Waals surface area contributed by atoms with E-state index in [0.29, 0.717) is 11.3 Å². The van der Waals surface area contributed by atoms with Gasteiger partial charge in [-0.15, -0.1) is 0 Å². The van der Waals surface area contributed by atoms with Gasteiger partial charge in [0.05, 0.1) is 6.26 Å². The summed E-state index contributed by atoms with van der Waals surface area (Å²) in [7, 11) is 0. The number of halogens is 1. The van der Waals surface area contributed by atoms with Gasteiger partial charge in [-0.3, -0.25) is 19.5 Å². The molecule has 0 spiro atoms. The number of nitrogens with one attached hydrogen (secondary N) is 1. The van der Waals surface area contributed by atoms with Gasteiger partial charge in [0, 0.05) is 24.1 Å². The second-order valence-electron chi connectivity index (χ2n) is 7.66. The Hall–Kier alpha value is -3.48. The van der Waals surface area contributed by atoms with Crippen LogP contribution in [0.25, 0.3) is 0 Å². The topological polar surface area (TPSA) is 75.4 Å². The molecule has 1 N–H and O–H groups in total. The molecule has 0 bridgehead atoms. The van der Waals surface area contributed by atoms with E-state index in [2.05, 4.69) is 10.3 Å². The Labute approximate surface area is 180 Å². The summed E-state index contributed by atoms with van der Waals surface area (Å²) in [5, 5.41) is 3.12. The van der Waals surface area contributed by atoms with Crippen molar-refractivity contribution >= 4 is 17.5 Å². The summed E-state index contributed by atoms with van der Waals surface area (Å²) in [6, 6.07) is 11.2. The van der Waals surface area contributed by atoms with Gasteiger partial charge in [-0.05, 0) is 66.9 Å². The minimum atomic E-state index is -0.965. The quantitative estimate of drug-likeness (QED) is 0.629. The first-order valence-corrected chi connectivity index (χ1v) is 10.5. The van der Waals surface area contributed by atoms with E-state index < -0.39 is 17.8 Å². The van der Waals surface area contributed by atoms with Crippen LogP contribution in [0.2, 0.25) is 0 Å². The van der Waals surface area contributed by atoms with Crippen LogP contribution in [0, 0.1) is 5.82 Å². The van der Waals surface area contributed by atoms with Gasteiger partial charge in [0.2, 0.25) is 5.91 Å². The Kier molecular flexibility index (Phi) is 6.40. The molecule has 0 radical (unpaired) electrons. The molecule has 2 aromatic heterocycles. The van der Waals surface area contributed by atoms with E-state index >= 15 is 0 Å². The fraction of sp³-hybridized carbons (Fsp3) is 0.292. The summed E-state index contributed by atoms with van der Waals surface area (Å²) in [5.41, 5.74) is 0.996. The lowest BCUT2D eigenvalue weighted by Crippen LogP contribution is -2.47. The molecule has 1 aliphatic rings. The predicted molar refractivity (Wildman–Crippen MR) is 114 cm³/mol. The summed E-state index contributed by atoms with van der Waals surface area (Å²) >= 11 is 0. The van der Waals surface area contributed by atoms with Crippen LogP contribution in [-0.2, 0) is 4.79 Å². The van der Waals surface area contributed by atoms with Crippen molar-refractivity contribution in [3.05, 3.63) is 84.3 Å². The Bertz CT molecular complexity index is 1000. The Morgan fingerprint density at radius 2 is 1.74 bits per heavy atom. The molecule has 3 aromatic rings. The molecule has 1 atom stereocenters. The van der Waals surface area contributed by atoms with Gasteiger partial charge in [-0.2, -0.15) is 0 Å². The van der Waals surface area contributed by atoms with E-state index in [-0.39, 0.29) is 17.7 Å². The first kappa shape index (κ1) is 20.8. The van der Waals surface area contributed by atoms with Crippen molar-refractivity contribution in [2.24, 2.45) is 0 Å². The zero-order valence-corrected chi connectivity index (χ0v) is 17.0. The van der Waals surface area contributed by atoms with Gasteiger partial charge in [0.1, 0.15) is 11.9 Å². The highest BCUT2D eigenvalue weighted by atomic mass is 19.1. The normalized spacial score (nSPS) is 15.3. The molecule has 2 heterocycles. The lowest BCUT2D eigenvalue weighted by molar-refractivity contribution is -0.123. The van der Waals surface area contributed by atoms with Crippen LogP contribution in [0.1, 0.15) is 54.3 Å². The minimum Gasteiger partial charge on any atom is -0.459 e. The number of anilines is 1. The largest absolute Gasteiger partial charge is 0.459 e. The maximum atomic E-state index is 13.6. The zero-order chi connectivity index (χ0) is 21.6. The molecular formula is C24H24FN3O3. The van der Waals surface area contributed by atoms with Crippen molar-refractivity contribution < 1.29 is 18.4 Å². The molecule has 7 heteroatoms. The molecule has 0 aliphatic heterocycles. The molecule has 6 nitrogen and oxygen atoms in total. The molecular weight excluding hydrogens is 397 g/mol. The van der Waals surface area contributed by atoms with Crippen LogP contribution in [0.4, 0.5) is 10.1 Å². The number of carbonyl (C=O) groups is 2. The molecule has 4 rings (SSSR count). The summed E-state index contributed by atoms with van der Waals surface area (Å²) in [6.45, 7) is 0. The molecule has 1 fully saturated rings. The number of rotatable bonds is 6. The number of hydrogen-bond acceptors (Lipinski definition) is 4. The third-order valence-corrected chi connectivity index (χ3v) is 5.54. The van der Waals surface area contributed by atoms with Crippen molar-refractivity contribution in [1.82, 2.24) is 10.3 Å². The first-order chi connectivity index (χ1) is 15.1. The number of pyridine rings is 1. The maximum absolute atomic E-state index is 13.6. The minimum absolute atomic E-state index is 0.0689. The first-order valence-electron chi connectivity index (χ1n) is 10.5. The molecule has 31 heavy (non-hydrogen) atoms. The van der Waals surface area contributed by atoms with Crippen molar-refractivity contribution in [2.45, 2.75) is 44.2 Å². The molecule has 160 valence electrons.